The van der Waals surface area contributed by atoms with Gasteiger partial charge in [-0.15, -0.1) is 0 Å². The Kier molecular flexibility index (Phi) is 4.39. The van der Waals surface area contributed by atoms with Crippen molar-refractivity contribution in [3.05, 3.63) is 90.3 Å². The van der Waals surface area contributed by atoms with Gasteiger partial charge in [0, 0.05) is 17.0 Å². The van der Waals surface area contributed by atoms with Crippen LogP contribution in [-0.4, -0.2) is 7.11 Å². The molecule has 0 fully saturated rings. The molecule has 3 aromatic carbocycles. The molecule has 4 rings (SSSR count). The summed E-state index contributed by atoms with van der Waals surface area (Å²) in [5, 5.41) is 6.36. The van der Waals surface area contributed by atoms with E-state index in [9.17, 15) is 0 Å². The van der Waals surface area contributed by atoms with E-state index in [0.29, 0.717) is 0 Å². The summed E-state index contributed by atoms with van der Waals surface area (Å²) in [6.07, 6.45) is 0. The van der Waals surface area contributed by atoms with Crippen LogP contribution in [0, 0.1) is 0 Å². The van der Waals surface area contributed by atoms with Crippen molar-refractivity contribution in [1.29, 1.82) is 0 Å². The van der Waals surface area contributed by atoms with Crippen LogP contribution < -0.4 is 15.5 Å². The summed E-state index contributed by atoms with van der Waals surface area (Å²) in [6.45, 7) is 0. The maximum atomic E-state index is 6.09. The minimum Gasteiger partial charge on any atom is -0.497 e. The fraction of sp³-hybridized carbons (Fsp3) is 0.0455. The molecule has 128 valence electrons. The fourth-order valence-corrected chi connectivity index (χ4v) is 2.74. The van der Waals surface area contributed by atoms with Crippen molar-refractivity contribution in [1.82, 2.24) is 0 Å². The van der Waals surface area contributed by atoms with Crippen LogP contribution in [0.1, 0.15) is 0 Å². The van der Waals surface area contributed by atoms with Crippen LogP contribution >= 0.6 is 0 Å². The first kappa shape index (κ1) is 16.0. The number of hydrogen-bond acceptors (Lipinski definition) is 4. The SMILES string of the molecule is COc1ccc(-c2cc(=NNc3ccccc3)c3ccccc3o2)cc1. The molecule has 1 aromatic heterocycles. The third kappa shape index (κ3) is 3.30. The number of rotatable bonds is 4. The maximum Gasteiger partial charge on any atom is 0.136 e. The smallest absolute Gasteiger partial charge is 0.136 e. The lowest BCUT2D eigenvalue weighted by Gasteiger charge is -2.06. The molecule has 0 amide bonds. The largest absolute Gasteiger partial charge is 0.497 e. The van der Waals surface area contributed by atoms with Crippen LogP contribution in [0.4, 0.5) is 5.69 Å². The van der Waals surface area contributed by atoms with E-state index in [1.807, 2.05) is 84.9 Å². The van der Waals surface area contributed by atoms with E-state index in [-0.39, 0.29) is 0 Å². The van der Waals surface area contributed by atoms with Crippen LogP contribution in [0.5, 0.6) is 5.75 Å². The number of hydrogen-bond donors (Lipinski definition) is 1. The molecule has 0 radical (unpaired) electrons. The average molecular weight is 342 g/mol. The number of ether oxygens (including phenoxy) is 1. The standard InChI is InChI=1S/C22H18N2O2/c1-25-18-13-11-16(12-14-18)22-15-20(19-9-5-6-10-21(19)26-22)24-23-17-7-3-2-4-8-17/h2-15,23H,1H3. The van der Waals surface area contributed by atoms with Crippen LogP contribution in [0.25, 0.3) is 22.3 Å². The number of para-hydroxylation sites is 2. The highest BCUT2D eigenvalue weighted by Crippen LogP contribution is 2.24. The Morgan fingerprint density at radius 1 is 0.846 bits per heavy atom. The molecule has 0 saturated carbocycles. The zero-order valence-corrected chi connectivity index (χ0v) is 14.3. The number of fused-ring (bicyclic) bond motifs is 1. The molecule has 0 saturated heterocycles. The van der Waals surface area contributed by atoms with Gasteiger partial charge in [-0.1, -0.05) is 30.3 Å². The molecule has 1 heterocycles. The lowest BCUT2D eigenvalue weighted by Crippen LogP contribution is -2.07. The first-order valence-corrected chi connectivity index (χ1v) is 8.35. The van der Waals surface area contributed by atoms with Crippen molar-refractivity contribution in [2.45, 2.75) is 0 Å². The van der Waals surface area contributed by atoms with Crippen LogP contribution in [0.2, 0.25) is 0 Å². The van der Waals surface area contributed by atoms with Crippen molar-refractivity contribution in [3.63, 3.8) is 0 Å². The second kappa shape index (κ2) is 7.15. The topological polar surface area (TPSA) is 46.8 Å². The summed E-state index contributed by atoms with van der Waals surface area (Å²) in [6, 6.07) is 27.5. The summed E-state index contributed by atoms with van der Waals surface area (Å²) in [5.41, 5.74) is 5.80. The summed E-state index contributed by atoms with van der Waals surface area (Å²) in [7, 11) is 1.65. The van der Waals surface area contributed by atoms with Gasteiger partial charge in [-0.05, 0) is 48.5 Å². The number of anilines is 1. The van der Waals surface area contributed by atoms with Crippen molar-refractivity contribution in [2.24, 2.45) is 5.10 Å². The van der Waals surface area contributed by atoms with Gasteiger partial charge in [-0.25, -0.2) is 0 Å². The molecule has 4 aromatic rings. The Hall–Kier alpha value is -3.53. The number of benzene rings is 3. The summed E-state index contributed by atoms with van der Waals surface area (Å²) >= 11 is 0. The Balaban J connectivity index is 1.82. The lowest BCUT2D eigenvalue weighted by molar-refractivity contribution is 0.415. The van der Waals surface area contributed by atoms with Crippen LogP contribution in [0.15, 0.2) is 94.4 Å². The van der Waals surface area contributed by atoms with E-state index in [4.69, 9.17) is 9.15 Å². The normalized spacial score (nSPS) is 11.5. The molecule has 0 spiro atoms. The van der Waals surface area contributed by atoms with Gasteiger partial charge in [0.1, 0.15) is 17.1 Å². The Labute approximate surface area is 151 Å². The molecule has 0 atom stereocenters. The Morgan fingerprint density at radius 2 is 1.58 bits per heavy atom. The molecule has 0 aliphatic carbocycles. The van der Waals surface area contributed by atoms with Gasteiger partial charge in [-0.2, -0.15) is 5.10 Å². The second-order valence-electron chi connectivity index (χ2n) is 5.81. The van der Waals surface area contributed by atoms with Crippen molar-refractivity contribution < 1.29 is 9.15 Å². The second-order valence-corrected chi connectivity index (χ2v) is 5.81. The zero-order valence-electron chi connectivity index (χ0n) is 14.3. The van der Waals surface area contributed by atoms with Gasteiger partial charge in [0.05, 0.1) is 18.2 Å². The average Bonchev–Trinajstić information content (AvgIpc) is 2.72. The van der Waals surface area contributed by atoms with Crippen LogP contribution in [-0.2, 0) is 0 Å². The molecule has 0 unspecified atom stereocenters. The molecule has 0 bridgehead atoms. The van der Waals surface area contributed by atoms with Crippen LogP contribution in [0.3, 0.4) is 0 Å². The Bertz CT molecular complexity index is 1080. The van der Waals surface area contributed by atoms with E-state index in [0.717, 1.165) is 39.1 Å². The molecular formula is C22H18N2O2. The third-order valence-corrected chi connectivity index (χ3v) is 4.10. The highest BCUT2D eigenvalue weighted by atomic mass is 16.5. The molecule has 26 heavy (non-hydrogen) atoms. The number of nitrogens with zero attached hydrogens (tertiary/aromatic N) is 1. The molecular weight excluding hydrogens is 324 g/mol. The van der Waals surface area contributed by atoms with E-state index < -0.39 is 0 Å². The Morgan fingerprint density at radius 3 is 2.35 bits per heavy atom. The van der Waals surface area contributed by atoms with Crippen molar-refractivity contribution in [3.8, 4) is 17.1 Å². The highest BCUT2D eigenvalue weighted by Gasteiger charge is 2.06. The first-order chi connectivity index (χ1) is 12.8. The van der Waals surface area contributed by atoms with Gasteiger partial charge < -0.3 is 9.15 Å². The van der Waals surface area contributed by atoms with Gasteiger partial charge in [-0.3, -0.25) is 5.43 Å². The van der Waals surface area contributed by atoms with Crippen molar-refractivity contribution in [2.75, 3.05) is 12.5 Å². The summed E-state index contributed by atoms with van der Waals surface area (Å²) < 4.78 is 11.3. The summed E-state index contributed by atoms with van der Waals surface area (Å²) in [4.78, 5) is 0. The minimum absolute atomic E-state index is 0.750. The van der Waals surface area contributed by atoms with E-state index in [1.54, 1.807) is 7.11 Å². The number of methoxy groups -OCH3 is 1. The third-order valence-electron chi connectivity index (χ3n) is 4.10. The van der Waals surface area contributed by atoms with E-state index in [1.165, 1.54) is 0 Å². The molecule has 1 N–H and O–H groups in total. The van der Waals surface area contributed by atoms with E-state index in [2.05, 4.69) is 10.5 Å². The molecule has 4 nitrogen and oxygen atoms in total. The molecule has 0 aliphatic rings. The highest BCUT2D eigenvalue weighted by molar-refractivity contribution is 5.78. The monoisotopic (exact) mass is 342 g/mol. The minimum atomic E-state index is 0.750. The van der Waals surface area contributed by atoms with Gasteiger partial charge >= 0.3 is 0 Å². The predicted molar refractivity (Wildman–Crippen MR) is 104 cm³/mol. The zero-order chi connectivity index (χ0) is 17.8. The maximum absolute atomic E-state index is 6.09. The van der Waals surface area contributed by atoms with Gasteiger partial charge in [0.15, 0.2) is 0 Å². The van der Waals surface area contributed by atoms with E-state index >= 15 is 0 Å². The van der Waals surface area contributed by atoms with Gasteiger partial charge in [0.2, 0.25) is 0 Å². The van der Waals surface area contributed by atoms with Gasteiger partial charge in [0.25, 0.3) is 0 Å². The summed E-state index contributed by atoms with van der Waals surface area (Å²) in [5.74, 6) is 1.56. The quantitative estimate of drug-likeness (QED) is 0.529. The number of nitrogens with one attached hydrogen (secondary N) is 1. The first-order valence-electron chi connectivity index (χ1n) is 8.35. The predicted octanol–water partition coefficient (Wildman–Crippen LogP) is 5.04. The molecule has 0 aliphatic heterocycles. The fourth-order valence-electron chi connectivity index (χ4n) is 2.74. The van der Waals surface area contributed by atoms with Crippen molar-refractivity contribution >= 4 is 16.7 Å². The lowest BCUT2D eigenvalue weighted by atomic mass is 10.1. The molecule has 4 heteroatoms.